The second-order valence-corrected chi connectivity index (χ2v) is 3.94. The molecule has 62 valence electrons. The SMILES string of the molecule is COCC(C)OCC(C)Br. The smallest absolute Gasteiger partial charge is 0.0780 e. The third-order valence-electron chi connectivity index (χ3n) is 1.01. The van der Waals surface area contributed by atoms with Gasteiger partial charge in [0, 0.05) is 11.9 Å². The molecule has 2 unspecified atom stereocenters. The van der Waals surface area contributed by atoms with Gasteiger partial charge in [-0.25, -0.2) is 0 Å². The van der Waals surface area contributed by atoms with E-state index in [1.807, 2.05) is 6.92 Å². The maximum atomic E-state index is 5.37. The molecule has 0 heterocycles. The second-order valence-electron chi connectivity index (χ2n) is 2.38. The van der Waals surface area contributed by atoms with Crippen molar-refractivity contribution in [3.05, 3.63) is 0 Å². The van der Waals surface area contributed by atoms with Crippen LogP contribution >= 0.6 is 15.9 Å². The molecule has 0 aliphatic rings. The highest BCUT2D eigenvalue weighted by Crippen LogP contribution is 2.00. The van der Waals surface area contributed by atoms with Crippen LogP contribution in [0.4, 0.5) is 0 Å². The Morgan fingerprint density at radius 3 is 2.30 bits per heavy atom. The average Bonchev–Trinajstić information content (AvgIpc) is 1.85. The van der Waals surface area contributed by atoms with Crippen molar-refractivity contribution in [1.82, 2.24) is 0 Å². The molecule has 0 N–H and O–H groups in total. The third-order valence-corrected chi connectivity index (χ3v) is 1.28. The number of methoxy groups -OCH3 is 1. The number of halogens is 1. The van der Waals surface area contributed by atoms with Gasteiger partial charge < -0.3 is 9.47 Å². The first-order valence-electron chi connectivity index (χ1n) is 3.41. The lowest BCUT2D eigenvalue weighted by molar-refractivity contribution is 0.0115. The molecular weight excluding hydrogens is 196 g/mol. The van der Waals surface area contributed by atoms with Crippen molar-refractivity contribution in [1.29, 1.82) is 0 Å². The lowest BCUT2D eigenvalue weighted by Gasteiger charge is -2.12. The normalized spacial score (nSPS) is 16.8. The van der Waals surface area contributed by atoms with Crippen LogP contribution in [0, 0.1) is 0 Å². The van der Waals surface area contributed by atoms with Gasteiger partial charge >= 0.3 is 0 Å². The van der Waals surface area contributed by atoms with E-state index in [4.69, 9.17) is 9.47 Å². The molecule has 0 radical (unpaired) electrons. The summed E-state index contributed by atoms with van der Waals surface area (Å²) in [4.78, 5) is 0.423. The summed E-state index contributed by atoms with van der Waals surface area (Å²) < 4.78 is 10.3. The van der Waals surface area contributed by atoms with Crippen molar-refractivity contribution in [3.63, 3.8) is 0 Å². The van der Waals surface area contributed by atoms with Gasteiger partial charge in [0.1, 0.15) is 0 Å². The molecule has 0 saturated heterocycles. The van der Waals surface area contributed by atoms with Gasteiger partial charge in [-0.2, -0.15) is 0 Å². The first-order valence-corrected chi connectivity index (χ1v) is 4.33. The second kappa shape index (κ2) is 6.13. The maximum absolute atomic E-state index is 5.37. The molecule has 0 bridgehead atoms. The summed E-state index contributed by atoms with van der Waals surface area (Å²) in [5.41, 5.74) is 0. The first-order chi connectivity index (χ1) is 4.66. The molecule has 0 spiro atoms. The lowest BCUT2D eigenvalue weighted by atomic mass is 10.4. The average molecular weight is 211 g/mol. The molecule has 0 fully saturated rings. The van der Waals surface area contributed by atoms with Crippen molar-refractivity contribution in [2.75, 3.05) is 20.3 Å². The van der Waals surface area contributed by atoms with Crippen molar-refractivity contribution in [2.24, 2.45) is 0 Å². The molecule has 3 heteroatoms. The van der Waals surface area contributed by atoms with Crippen LogP contribution in [-0.4, -0.2) is 31.3 Å². The predicted octanol–water partition coefficient (Wildman–Crippen LogP) is 1.82. The largest absolute Gasteiger partial charge is 0.382 e. The quantitative estimate of drug-likeness (QED) is 0.646. The summed E-state index contributed by atoms with van der Waals surface area (Å²) >= 11 is 3.39. The monoisotopic (exact) mass is 210 g/mol. The highest BCUT2D eigenvalue weighted by molar-refractivity contribution is 9.09. The third kappa shape index (κ3) is 6.52. The Morgan fingerprint density at radius 1 is 1.30 bits per heavy atom. The Hall–Kier alpha value is 0.400. The van der Waals surface area contributed by atoms with Crippen molar-refractivity contribution < 1.29 is 9.47 Å². The Kier molecular flexibility index (Phi) is 6.38. The number of rotatable bonds is 5. The maximum Gasteiger partial charge on any atom is 0.0780 e. The van der Waals surface area contributed by atoms with Crippen LogP contribution in [0.2, 0.25) is 0 Å². The summed E-state index contributed by atoms with van der Waals surface area (Å²) in [6.45, 7) is 5.46. The fraction of sp³-hybridized carbons (Fsp3) is 1.00. The summed E-state index contributed by atoms with van der Waals surface area (Å²) in [5.74, 6) is 0. The number of hydrogen-bond acceptors (Lipinski definition) is 2. The minimum absolute atomic E-state index is 0.199. The van der Waals surface area contributed by atoms with E-state index >= 15 is 0 Å². The van der Waals surface area contributed by atoms with Crippen LogP contribution in [0.3, 0.4) is 0 Å². The van der Waals surface area contributed by atoms with Gasteiger partial charge in [0.05, 0.1) is 19.3 Å². The molecule has 0 aromatic carbocycles. The fourth-order valence-electron chi connectivity index (χ4n) is 0.580. The molecule has 0 rings (SSSR count). The van der Waals surface area contributed by atoms with E-state index in [0.717, 1.165) is 6.61 Å². The minimum atomic E-state index is 0.199. The van der Waals surface area contributed by atoms with Gasteiger partial charge in [0.25, 0.3) is 0 Å². The van der Waals surface area contributed by atoms with Gasteiger partial charge in [-0.3, -0.25) is 0 Å². The Bertz CT molecular complexity index is 76.0. The minimum Gasteiger partial charge on any atom is -0.382 e. The van der Waals surface area contributed by atoms with Gasteiger partial charge in [-0.15, -0.1) is 0 Å². The van der Waals surface area contributed by atoms with Gasteiger partial charge in [-0.1, -0.05) is 22.9 Å². The van der Waals surface area contributed by atoms with Crippen molar-refractivity contribution >= 4 is 15.9 Å². The van der Waals surface area contributed by atoms with E-state index in [0.29, 0.717) is 11.4 Å². The zero-order valence-corrected chi connectivity index (χ0v) is 8.35. The fourth-order valence-corrected chi connectivity index (χ4v) is 0.732. The van der Waals surface area contributed by atoms with Crippen LogP contribution in [0.25, 0.3) is 0 Å². The van der Waals surface area contributed by atoms with Gasteiger partial charge in [0.2, 0.25) is 0 Å². The Balaban J connectivity index is 3.12. The summed E-state index contributed by atoms with van der Waals surface area (Å²) in [7, 11) is 1.68. The molecular formula is C7H15BrO2. The molecule has 0 saturated carbocycles. The summed E-state index contributed by atoms with van der Waals surface area (Å²) in [5, 5.41) is 0. The highest BCUT2D eigenvalue weighted by atomic mass is 79.9. The van der Waals surface area contributed by atoms with Crippen LogP contribution < -0.4 is 0 Å². The summed E-state index contributed by atoms with van der Waals surface area (Å²) in [6.07, 6.45) is 0.199. The molecule has 0 aromatic rings. The van der Waals surface area contributed by atoms with E-state index < -0.39 is 0 Å². The lowest BCUT2D eigenvalue weighted by Crippen LogP contribution is -2.18. The Morgan fingerprint density at radius 2 is 1.90 bits per heavy atom. The molecule has 0 amide bonds. The molecule has 2 atom stereocenters. The highest BCUT2D eigenvalue weighted by Gasteiger charge is 2.02. The van der Waals surface area contributed by atoms with Crippen LogP contribution in [0.15, 0.2) is 0 Å². The van der Waals surface area contributed by atoms with E-state index in [1.54, 1.807) is 7.11 Å². The van der Waals surface area contributed by atoms with Crippen LogP contribution in [-0.2, 0) is 9.47 Å². The Labute approximate surface area is 71.0 Å². The van der Waals surface area contributed by atoms with Crippen LogP contribution in [0.1, 0.15) is 13.8 Å². The van der Waals surface area contributed by atoms with E-state index in [2.05, 4.69) is 22.9 Å². The molecule has 0 aliphatic heterocycles. The molecule has 10 heavy (non-hydrogen) atoms. The van der Waals surface area contributed by atoms with Crippen molar-refractivity contribution in [3.8, 4) is 0 Å². The van der Waals surface area contributed by atoms with Gasteiger partial charge in [-0.05, 0) is 6.92 Å². The standard InChI is InChI=1S/C7H15BrO2/c1-6(8)4-10-7(2)5-9-3/h6-7H,4-5H2,1-3H3. The predicted molar refractivity (Wildman–Crippen MR) is 45.7 cm³/mol. The first kappa shape index (κ1) is 10.4. The number of ether oxygens (including phenoxy) is 2. The van der Waals surface area contributed by atoms with Crippen LogP contribution in [0.5, 0.6) is 0 Å². The van der Waals surface area contributed by atoms with E-state index in [1.165, 1.54) is 0 Å². The van der Waals surface area contributed by atoms with E-state index in [9.17, 15) is 0 Å². The van der Waals surface area contributed by atoms with Gasteiger partial charge in [0.15, 0.2) is 0 Å². The topological polar surface area (TPSA) is 18.5 Å². The molecule has 2 nitrogen and oxygen atoms in total. The number of alkyl halides is 1. The number of hydrogen-bond donors (Lipinski definition) is 0. The zero-order chi connectivity index (χ0) is 7.98. The van der Waals surface area contributed by atoms with Crippen molar-refractivity contribution in [2.45, 2.75) is 24.8 Å². The molecule has 0 aliphatic carbocycles. The molecule has 0 aromatic heterocycles. The van der Waals surface area contributed by atoms with E-state index in [-0.39, 0.29) is 6.10 Å². The summed E-state index contributed by atoms with van der Waals surface area (Å²) in [6, 6.07) is 0. The zero-order valence-electron chi connectivity index (χ0n) is 6.76.